The highest BCUT2D eigenvalue weighted by Gasteiger charge is 2.44. The summed E-state index contributed by atoms with van der Waals surface area (Å²) in [5, 5.41) is 11.1. The maximum absolute atomic E-state index is 12.2. The zero-order valence-electron chi connectivity index (χ0n) is 13.7. The van der Waals surface area contributed by atoms with Crippen LogP contribution in [0.15, 0.2) is 0 Å². The van der Waals surface area contributed by atoms with Crippen molar-refractivity contribution in [2.45, 2.75) is 66.9 Å². The number of carbonyl (C=O) groups excluding carboxylic acids is 1. The quantitative estimate of drug-likeness (QED) is 0.686. The number of hydrogen-bond acceptors (Lipinski definition) is 3. The molecule has 0 aliphatic heterocycles. The van der Waals surface area contributed by atoms with E-state index in [1.54, 1.807) is 6.92 Å². The lowest BCUT2D eigenvalue weighted by Crippen LogP contribution is -2.47. The van der Waals surface area contributed by atoms with Crippen molar-refractivity contribution >= 4 is 5.97 Å². The minimum atomic E-state index is -0.969. The summed E-state index contributed by atoms with van der Waals surface area (Å²) in [4.78, 5) is 12.2. The Bertz CT molecular complexity index is 259. The van der Waals surface area contributed by atoms with E-state index < -0.39 is 11.5 Å². The molecule has 0 radical (unpaired) electrons. The van der Waals surface area contributed by atoms with Crippen LogP contribution in [0.5, 0.6) is 0 Å². The molecular weight excluding hydrogens is 240 g/mol. The summed E-state index contributed by atoms with van der Waals surface area (Å²) in [5.41, 5.74) is -0.969. The van der Waals surface area contributed by atoms with Gasteiger partial charge in [-0.15, -0.1) is 0 Å². The molecule has 1 N–H and O–H groups in total. The second-order valence-electron chi connectivity index (χ2n) is 6.77. The molecule has 0 bridgehead atoms. The lowest BCUT2D eigenvalue weighted by Gasteiger charge is -2.39. The van der Waals surface area contributed by atoms with Crippen molar-refractivity contribution < 1.29 is 14.6 Å². The highest BCUT2D eigenvalue weighted by molar-refractivity contribution is 5.74. The van der Waals surface area contributed by atoms with Gasteiger partial charge in [0.15, 0.2) is 0 Å². The Balaban J connectivity index is 5.29. The van der Waals surface area contributed by atoms with E-state index in [4.69, 9.17) is 4.74 Å². The first kappa shape index (κ1) is 18.4. The Morgan fingerprint density at radius 1 is 1.05 bits per heavy atom. The largest absolute Gasteiger partial charge is 0.466 e. The molecule has 0 aliphatic rings. The maximum atomic E-state index is 12.2. The predicted molar refractivity (Wildman–Crippen MR) is 78.8 cm³/mol. The lowest BCUT2D eigenvalue weighted by molar-refractivity contribution is -0.165. The van der Waals surface area contributed by atoms with E-state index in [-0.39, 0.29) is 11.9 Å². The van der Waals surface area contributed by atoms with Crippen molar-refractivity contribution in [1.82, 2.24) is 0 Å². The normalized spacial score (nSPS) is 14.3. The number of ether oxygens (including phenoxy) is 1. The Morgan fingerprint density at radius 3 is 1.74 bits per heavy atom. The Hall–Kier alpha value is -0.570. The first-order valence-electron chi connectivity index (χ1n) is 7.53. The van der Waals surface area contributed by atoms with Crippen molar-refractivity contribution in [3.05, 3.63) is 0 Å². The van der Waals surface area contributed by atoms with E-state index in [2.05, 4.69) is 27.7 Å². The van der Waals surface area contributed by atoms with Crippen LogP contribution in [-0.2, 0) is 9.53 Å². The van der Waals surface area contributed by atoms with Crippen LogP contribution in [0.2, 0.25) is 0 Å². The van der Waals surface area contributed by atoms with Crippen molar-refractivity contribution in [2.24, 2.45) is 23.7 Å². The van der Waals surface area contributed by atoms with Gasteiger partial charge in [-0.05, 0) is 37.5 Å². The molecular formula is C16H32O3. The Morgan fingerprint density at radius 2 is 1.47 bits per heavy atom. The van der Waals surface area contributed by atoms with E-state index in [1.165, 1.54) is 0 Å². The summed E-state index contributed by atoms with van der Waals surface area (Å²) < 4.78 is 5.18. The Kier molecular flexibility index (Phi) is 7.65. The summed E-state index contributed by atoms with van der Waals surface area (Å²) in [6.07, 6.45) is 1.26. The van der Waals surface area contributed by atoms with Crippen LogP contribution in [0, 0.1) is 23.7 Å². The van der Waals surface area contributed by atoms with Crippen LogP contribution in [-0.4, -0.2) is 23.3 Å². The molecule has 0 spiro atoms. The minimum absolute atomic E-state index is 0.0709. The zero-order chi connectivity index (χ0) is 15.2. The fourth-order valence-corrected chi connectivity index (χ4v) is 3.10. The first-order valence-corrected chi connectivity index (χ1v) is 7.53. The molecule has 0 aromatic heterocycles. The monoisotopic (exact) mass is 272 g/mol. The van der Waals surface area contributed by atoms with Gasteiger partial charge in [0.25, 0.3) is 0 Å². The van der Waals surface area contributed by atoms with Crippen LogP contribution >= 0.6 is 0 Å². The fourth-order valence-electron chi connectivity index (χ4n) is 3.10. The predicted octanol–water partition coefficient (Wildman–Crippen LogP) is 3.65. The second-order valence-corrected chi connectivity index (χ2v) is 6.77. The van der Waals surface area contributed by atoms with Crippen molar-refractivity contribution in [3.8, 4) is 0 Å². The van der Waals surface area contributed by atoms with Crippen molar-refractivity contribution in [2.75, 3.05) is 6.61 Å². The average Bonchev–Trinajstić information content (AvgIpc) is 2.12. The average molecular weight is 272 g/mol. The molecule has 0 heterocycles. The first-order chi connectivity index (χ1) is 8.64. The molecule has 0 saturated heterocycles. The number of aliphatic hydroxyl groups is 1. The summed E-state index contributed by atoms with van der Waals surface area (Å²) in [5.74, 6) is 0.0546. The molecule has 0 aromatic rings. The van der Waals surface area contributed by atoms with E-state index in [1.807, 2.05) is 13.8 Å². The molecule has 0 amide bonds. The SMILES string of the molecule is CCOC(=O)C(C(C)C)C(O)(CC(C)C)CC(C)C. The van der Waals surface area contributed by atoms with Gasteiger partial charge in [-0.25, -0.2) is 0 Å². The number of esters is 1. The molecule has 0 aromatic carbocycles. The van der Waals surface area contributed by atoms with Gasteiger partial charge in [0.1, 0.15) is 0 Å². The van der Waals surface area contributed by atoms with Crippen LogP contribution in [0.3, 0.4) is 0 Å². The molecule has 0 fully saturated rings. The van der Waals surface area contributed by atoms with Gasteiger partial charge in [0.05, 0.1) is 18.1 Å². The van der Waals surface area contributed by atoms with Crippen LogP contribution < -0.4 is 0 Å². The highest BCUT2D eigenvalue weighted by atomic mass is 16.5. The van der Waals surface area contributed by atoms with E-state index in [0.717, 1.165) is 0 Å². The third kappa shape index (κ3) is 5.94. The van der Waals surface area contributed by atoms with Gasteiger partial charge in [0, 0.05) is 0 Å². The third-order valence-electron chi connectivity index (χ3n) is 3.31. The fraction of sp³-hybridized carbons (Fsp3) is 0.938. The smallest absolute Gasteiger partial charge is 0.312 e. The van der Waals surface area contributed by atoms with Gasteiger partial charge in [-0.2, -0.15) is 0 Å². The summed E-state index contributed by atoms with van der Waals surface area (Å²) >= 11 is 0. The Labute approximate surface area is 118 Å². The maximum Gasteiger partial charge on any atom is 0.312 e. The lowest BCUT2D eigenvalue weighted by atomic mass is 9.71. The molecule has 114 valence electrons. The van der Waals surface area contributed by atoms with Gasteiger partial charge < -0.3 is 9.84 Å². The molecule has 3 nitrogen and oxygen atoms in total. The molecule has 1 atom stereocenters. The van der Waals surface area contributed by atoms with Crippen molar-refractivity contribution in [3.63, 3.8) is 0 Å². The molecule has 0 aliphatic carbocycles. The summed E-state index contributed by atoms with van der Waals surface area (Å²) in [6, 6.07) is 0. The van der Waals surface area contributed by atoms with Crippen LogP contribution in [0.25, 0.3) is 0 Å². The second kappa shape index (κ2) is 7.88. The number of rotatable bonds is 8. The van der Waals surface area contributed by atoms with Crippen LogP contribution in [0.1, 0.15) is 61.3 Å². The third-order valence-corrected chi connectivity index (χ3v) is 3.31. The number of hydrogen-bond donors (Lipinski definition) is 1. The molecule has 19 heavy (non-hydrogen) atoms. The highest BCUT2D eigenvalue weighted by Crippen LogP contribution is 2.37. The zero-order valence-corrected chi connectivity index (χ0v) is 13.7. The molecule has 0 rings (SSSR count). The molecule has 3 heteroatoms. The van der Waals surface area contributed by atoms with Crippen molar-refractivity contribution in [1.29, 1.82) is 0 Å². The standard InChI is InChI=1S/C16H32O3/c1-8-19-15(17)14(13(6)7)16(18,9-11(2)3)10-12(4)5/h11-14,18H,8-10H2,1-7H3. The molecule has 0 saturated carbocycles. The minimum Gasteiger partial charge on any atom is -0.466 e. The van der Waals surface area contributed by atoms with Gasteiger partial charge >= 0.3 is 5.97 Å². The van der Waals surface area contributed by atoms with Gasteiger partial charge in [-0.3, -0.25) is 4.79 Å². The summed E-state index contributed by atoms with van der Waals surface area (Å²) in [7, 11) is 0. The van der Waals surface area contributed by atoms with E-state index in [9.17, 15) is 9.90 Å². The van der Waals surface area contributed by atoms with E-state index in [0.29, 0.717) is 31.3 Å². The van der Waals surface area contributed by atoms with Gasteiger partial charge in [0.2, 0.25) is 0 Å². The van der Waals surface area contributed by atoms with Crippen LogP contribution in [0.4, 0.5) is 0 Å². The van der Waals surface area contributed by atoms with E-state index >= 15 is 0 Å². The number of carbonyl (C=O) groups is 1. The summed E-state index contributed by atoms with van der Waals surface area (Å²) in [6.45, 7) is 14.4. The molecule has 1 unspecified atom stereocenters. The topological polar surface area (TPSA) is 46.5 Å². The van der Waals surface area contributed by atoms with Gasteiger partial charge in [-0.1, -0.05) is 41.5 Å².